The zero-order chi connectivity index (χ0) is 37.7. The zero-order valence-corrected chi connectivity index (χ0v) is 30.8. The largest absolute Gasteiger partial charge is 0.455 e. The van der Waals surface area contributed by atoms with E-state index >= 15 is 0 Å². The highest BCUT2D eigenvalue weighted by atomic mass is 16.4. The van der Waals surface area contributed by atoms with Crippen molar-refractivity contribution in [2.75, 3.05) is 4.90 Å². The number of benzene rings is 9. The molecule has 11 rings (SSSR count). The quantitative estimate of drug-likeness (QED) is 0.164. The van der Waals surface area contributed by atoms with Crippen molar-refractivity contribution in [3.63, 3.8) is 0 Å². The average molecular weight is 731 g/mol. The van der Waals surface area contributed by atoms with Gasteiger partial charge >= 0.3 is 0 Å². The number of fused-ring (bicyclic) bond motifs is 5. The predicted octanol–water partition coefficient (Wildman–Crippen LogP) is 15.0. The molecule has 0 amide bonds. The molecule has 0 radical (unpaired) electrons. The summed E-state index contributed by atoms with van der Waals surface area (Å²) in [5.74, 6) is 0.580. The first-order chi connectivity index (χ1) is 28.3. The first-order valence-electron chi connectivity index (χ1n) is 19.2. The van der Waals surface area contributed by atoms with Gasteiger partial charge in [0, 0.05) is 33.3 Å². The van der Waals surface area contributed by atoms with Crippen molar-refractivity contribution >= 4 is 60.9 Å². The Labute approximate surface area is 329 Å². The lowest BCUT2D eigenvalue weighted by atomic mass is 9.97. The van der Waals surface area contributed by atoms with Crippen LogP contribution in [0.1, 0.15) is 0 Å². The second-order valence-corrected chi connectivity index (χ2v) is 14.3. The summed E-state index contributed by atoms with van der Waals surface area (Å²) in [6, 6.07) is 72.2. The first kappa shape index (κ1) is 32.7. The second-order valence-electron chi connectivity index (χ2n) is 14.3. The van der Waals surface area contributed by atoms with Gasteiger partial charge in [-0.3, -0.25) is 0 Å². The molecule has 9 aromatic carbocycles. The van der Waals surface area contributed by atoms with Crippen molar-refractivity contribution in [3.05, 3.63) is 206 Å². The van der Waals surface area contributed by atoms with E-state index < -0.39 is 0 Å². The van der Waals surface area contributed by atoms with Gasteiger partial charge in [0.05, 0.1) is 11.3 Å². The molecule has 4 heteroatoms. The van der Waals surface area contributed by atoms with Gasteiger partial charge in [-0.25, -0.2) is 4.98 Å². The lowest BCUT2D eigenvalue weighted by Gasteiger charge is -2.28. The summed E-state index contributed by atoms with van der Waals surface area (Å²) in [6.07, 6.45) is 0. The summed E-state index contributed by atoms with van der Waals surface area (Å²) in [5, 5.41) is 4.53. The fourth-order valence-corrected chi connectivity index (χ4v) is 8.21. The van der Waals surface area contributed by atoms with Gasteiger partial charge in [0.2, 0.25) is 5.89 Å². The van der Waals surface area contributed by atoms with Crippen molar-refractivity contribution in [2.24, 2.45) is 0 Å². The van der Waals surface area contributed by atoms with Crippen LogP contribution in [0.15, 0.2) is 215 Å². The third-order valence-electron chi connectivity index (χ3n) is 10.9. The number of oxazole rings is 1. The van der Waals surface area contributed by atoms with Crippen molar-refractivity contribution < 1.29 is 8.83 Å². The monoisotopic (exact) mass is 730 g/mol. The Morgan fingerprint density at radius 3 is 1.74 bits per heavy atom. The van der Waals surface area contributed by atoms with Crippen molar-refractivity contribution in [2.45, 2.75) is 0 Å². The minimum Gasteiger partial charge on any atom is -0.455 e. The molecule has 0 spiro atoms. The minimum absolute atomic E-state index is 0.580. The van der Waals surface area contributed by atoms with Gasteiger partial charge in [0.1, 0.15) is 16.7 Å². The van der Waals surface area contributed by atoms with Crippen molar-refractivity contribution in [1.29, 1.82) is 0 Å². The maximum Gasteiger partial charge on any atom is 0.227 e. The Kier molecular flexibility index (Phi) is 7.78. The van der Waals surface area contributed by atoms with E-state index in [0.29, 0.717) is 11.5 Å². The van der Waals surface area contributed by atoms with Crippen LogP contribution in [0.4, 0.5) is 17.1 Å². The molecule has 0 aliphatic heterocycles. The first-order valence-corrected chi connectivity index (χ1v) is 19.2. The van der Waals surface area contributed by atoms with E-state index in [1.165, 1.54) is 21.9 Å². The summed E-state index contributed by atoms with van der Waals surface area (Å²) in [4.78, 5) is 7.34. The number of aromatic nitrogens is 1. The van der Waals surface area contributed by atoms with Crippen LogP contribution in [-0.4, -0.2) is 4.98 Å². The minimum atomic E-state index is 0.580. The van der Waals surface area contributed by atoms with Crippen molar-refractivity contribution in [1.82, 2.24) is 4.98 Å². The highest BCUT2D eigenvalue weighted by molar-refractivity contribution is 6.16. The van der Waals surface area contributed by atoms with E-state index in [9.17, 15) is 0 Å². The van der Waals surface area contributed by atoms with E-state index in [1.54, 1.807) is 0 Å². The molecule has 0 saturated heterocycles. The maximum atomic E-state index is 6.62. The molecule has 2 heterocycles. The molecule has 4 nitrogen and oxygen atoms in total. The Hall–Kier alpha value is -7.69. The van der Waals surface area contributed by atoms with Crippen molar-refractivity contribution in [3.8, 4) is 44.8 Å². The Bertz CT molecular complexity index is 3210. The molecule has 0 aliphatic carbocycles. The Morgan fingerprint density at radius 1 is 0.386 bits per heavy atom. The third-order valence-corrected chi connectivity index (χ3v) is 10.9. The molecule has 0 bridgehead atoms. The Morgan fingerprint density at radius 2 is 0.965 bits per heavy atom. The normalized spacial score (nSPS) is 11.5. The van der Waals surface area contributed by atoms with Gasteiger partial charge in [0.15, 0.2) is 5.58 Å². The molecular weight excluding hydrogens is 697 g/mol. The third kappa shape index (κ3) is 5.66. The van der Waals surface area contributed by atoms with E-state index in [-0.39, 0.29) is 0 Å². The number of furan rings is 1. The summed E-state index contributed by atoms with van der Waals surface area (Å²) in [7, 11) is 0. The Balaban J connectivity index is 1.08. The van der Waals surface area contributed by atoms with Crippen LogP contribution in [0.25, 0.3) is 88.6 Å². The van der Waals surface area contributed by atoms with Gasteiger partial charge in [-0.15, -0.1) is 0 Å². The fraction of sp³-hybridized carbons (Fsp3) is 0. The number of hydrogen-bond donors (Lipinski definition) is 0. The molecule has 2 aromatic heterocycles. The van der Waals surface area contributed by atoms with Gasteiger partial charge in [-0.1, -0.05) is 152 Å². The highest BCUT2D eigenvalue weighted by Crippen LogP contribution is 2.45. The summed E-state index contributed by atoms with van der Waals surface area (Å²) in [5.41, 5.74) is 13.7. The van der Waals surface area contributed by atoms with Crippen LogP contribution in [-0.2, 0) is 0 Å². The molecule has 57 heavy (non-hydrogen) atoms. The SMILES string of the molecule is c1ccc(-c2nc3cc4c(oc5ccccc54)c(-c4ccc(N(c5ccc(-c6cccc7ccccc67)cc5)c5ccccc5-c5ccccc5)cc4)c3o2)cc1. The number of anilines is 3. The molecule has 11 aromatic rings. The summed E-state index contributed by atoms with van der Waals surface area (Å²) in [6.45, 7) is 0. The topological polar surface area (TPSA) is 42.4 Å². The van der Waals surface area contributed by atoms with E-state index in [2.05, 4.69) is 163 Å². The van der Waals surface area contributed by atoms with Crippen LogP contribution in [0.5, 0.6) is 0 Å². The van der Waals surface area contributed by atoms with Gasteiger partial charge < -0.3 is 13.7 Å². The van der Waals surface area contributed by atoms with Crippen LogP contribution in [0.3, 0.4) is 0 Å². The molecule has 268 valence electrons. The molecular formula is C53H34N2O2. The van der Waals surface area contributed by atoms with E-state index in [4.69, 9.17) is 13.8 Å². The number of nitrogens with zero attached hydrogens (tertiary/aromatic N) is 2. The van der Waals surface area contributed by atoms with Gasteiger partial charge in [-0.2, -0.15) is 0 Å². The molecule has 0 aliphatic rings. The fourth-order valence-electron chi connectivity index (χ4n) is 8.21. The van der Waals surface area contributed by atoms with E-state index in [0.717, 1.165) is 72.3 Å². The van der Waals surface area contributed by atoms with Crippen LogP contribution < -0.4 is 4.90 Å². The molecule has 0 saturated carbocycles. The lowest BCUT2D eigenvalue weighted by molar-refractivity contribution is 0.619. The highest BCUT2D eigenvalue weighted by Gasteiger charge is 2.23. The van der Waals surface area contributed by atoms with Crippen LogP contribution in [0.2, 0.25) is 0 Å². The smallest absolute Gasteiger partial charge is 0.227 e. The van der Waals surface area contributed by atoms with Gasteiger partial charge in [-0.05, 0) is 87.6 Å². The van der Waals surface area contributed by atoms with Crippen LogP contribution in [0, 0.1) is 0 Å². The van der Waals surface area contributed by atoms with Crippen LogP contribution >= 0.6 is 0 Å². The predicted molar refractivity (Wildman–Crippen MR) is 235 cm³/mol. The maximum absolute atomic E-state index is 6.62. The standard InChI is InChI=1S/C53H34N2O2/c1-3-14-36(15-4-1)44-21-9-11-24-48(44)55(40-30-26-37(27-31-40)43-23-13-19-35-16-7-8-20-42(35)43)41-32-28-38(29-33-41)50-51-46(45-22-10-12-25-49(45)56-51)34-47-52(50)57-53(54-47)39-17-5-2-6-18-39/h1-34H. The molecule has 0 fully saturated rings. The lowest BCUT2D eigenvalue weighted by Crippen LogP contribution is -2.11. The number of para-hydroxylation sites is 2. The zero-order valence-electron chi connectivity index (χ0n) is 30.8. The number of rotatable bonds is 7. The summed E-state index contributed by atoms with van der Waals surface area (Å²) >= 11 is 0. The molecule has 0 N–H and O–H groups in total. The van der Waals surface area contributed by atoms with Gasteiger partial charge in [0.25, 0.3) is 0 Å². The molecule has 0 atom stereocenters. The average Bonchev–Trinajstić information content (AvgIpc) is 3.88. The number of hydrogen-bond acceptors (Lipinski definition) is 4. The second kappa shape index (κ2) is 13.6. The van der Waals surface area contributed by atoms with E-state index in [1.807, 2.05) is 48.5 Å². The summed E-state index contributed by atoms with van der Waals surface area (Å²) < 4.78 is 13.2. The molecule has 0 unspecified atom stereocenters.